The highest BCUT2D eigenvalue weighted by molar-refractivity contribution is 6.00. The van der Waals surface area contributed by atoms with E-state index in [9.17, 15) is 4.79 Å². The van der Waals surface area contributed by atoms with Gasteiger partial charge in [0.1, 0.15) is 29.1 Å². The minimum Gasteiger partial charge on any atom is -0.460 e. The van der Waals surface area contributed by atoms with Crippen molar-refractivity contribution in [3.8, 4) is 22.8 Å². The van der Waals surface area contributed by atoms with Gasteiger partial charge in [0, 0.05) is 24.7 Å². The topological polar surface area (TPSA) is 151 Å². The number of carbonyl (C=O) groups is 1. The van der Waals surface area contributed by atoms with Gasteiger partial charge >= 0.3 is 5.97 Å². The van der Waals surface area contributed by atoms with Gasteiger partial charge in [0.25, 0.3) is 0 Å². The molecule has 12 nitrogen and oxygen atoms in total. The summed E-state index contributed by atoms with van der Waals surface area (Å²) in [4.78, 5) is 32.9. The normalized spacial score (nSPS) is 17.0. The molecule has 12 heteroatoms. The number of carbonyl (C=O) groups excluding carboxylic acids is 1. The number of nitrogen functional groups attached to an aromatic ring is 1. The summed E-state index contributed by atoms with van der Waals surface area (Å²) in [7, 11) is 0. The first-order valence-electron chi connectivity index (χ1n) is 15.6. The molecule has 5 heterocycles. The van der Waals surface area contributed by atoms with E-state index in [1.165, 1.54) is 6.33 Å². The molecule has 0 amide bonds. The Hall–Kier alpha value is -3.93. The van der Waals surface area contributed by atoms with Crippen molar-refractivity contribution in [2.75, 3.05) is 25.4 Å². The van der Waals surface area contributed by atoms with Gasteiger partial charge in [-0.05, 0) is 105 Å². The Kier molecular flexibility index (Phi) is 7.89. The molecule has 6 rings (SSSR count). The molecule has 1 saturated carbocycles. The first kappa shape index (κ1) is 30.1. The average molecular weight is 602 g/mol. The van der Waals surface area contributed by atoms with Gasteiger partial charge in [-0.2, -0.15) is 5.10 Å². The second-order valence-electron chi connectivity index (χ2n) is 14.1. The zero-order valence-corrected chi connectivity index (χ0v) is 26.6. The van der Waals surface area contributed by atoms with E-state index in [4.69, 9.17) is 30.1 Å². The van der Waals surface area contributed by atoms with Crippen LogP contribution in [0.5, 0.6) is 0 Å². The van der Waals surface area contributed by atoms with Crippen LogP contribution < -0.4 is 5.73 Å². The van der Waals surface area contributed by atoms with Gasteiger partial charge in [-0.15, -0.1) is 0 Å². The third kappa shape index (κ3) is 6.31. The molecule has 0 bridgehead atoms. The van der Waals surface area contributed by atoms with Gasteiger partial charge in [-0.1, -0.05) is 5.16 Å². The molecule has 0 unspecified atom stereocenters. The molecule has 4 aromatic heterocycles. The predicted molar refractivity (Wildman–Crippen MR) is 167 cm³/mol. The third-order valence-corrected chi connectivity index (χ3v) is 8.25. The van der Waals surface area contributed by atoms with Crippen molar-refractivity contribution in [2.24, 2.45) is 0 Å². The van der Waals surface area contributed by atoms with Gasteiger partial charge in [-0.3, -0.25) is 4.79 Å². The minimum absolute atomic E-state index is 0.127. The molecular formula is C32H43N9O3. The van der Waals surface area contributed by atoms with Crippen LogP contribution in [0.25, 0.3) is 33.8 Å². The molecule has 4 aromatic rings. The lowest BCUT2D eigenvalue weighted by Crippen LogP contribution is -2.34. The van der Waals surface area contributed by atoms with Crippen molar-refractivity contribution in [1.82, 2.24) is 39.8 Å². The van der Waals surface area contributed by atoms with Gasteiger partial charge in [0.2, 0.25) is 0 Å². The molecule has 44 heavy (non-hydrogen) atoms. The fraction of sp³-hybridized carbons (Fsp3) is 0.594. The number of hydrogen-bond donors (Lipinski definition) is 1. The van der Waals surface area contributed by atoms with Crippen LogP contribution in [0.3, 0.4) is 0 Å². The summed E-state index contributed by atoms with van der Waals surface area (Å²) in [5.74, 6) is 2.26. The Morgan fingerprint density at radius 2 is 1.68 bits per heavy atom. The molecule has 1 aliphatic carbocycles. The standard InChI is InChI=1S/C32H43N9O3/c1-31(2,3)41-30-24(28(33)36-18-37-30)25(38-41)26-23(27(44-39-26)20-9-10-20)29-34-16-21(17-35-29)19-11-14-40(15-12-19)13-7-8-22(42)43-32(4,5)6/h16-20H,7-15H2,1-6H3,(H2,33,36,37). The van der Waals surface area contributed by atoms with Crippen LogP contribution >= 0.6 is 0 Å². The smallest absolute Gasteiger partial charge is 0.306 e. The van der Waals surface area contributed by atoms with E-state index in [2.05, 4.69) is 40.8 Å². The number of likely N-dealkylation sites (tertiary alicyclic amines) is 1. The number of nitrogens with zero attached hydrogens (tertiary/aromatic N) is 8. The quantitative estimate of drug-likeness (QED) is 0.257. The summed E-state index contributed by atoms with van der Waals surface area (Å²) in [6.45, 7) is 14.8. The first-order chi connectivity index (χ1) is 20.9. The molecule has 0 atom stereocenters. The number of hydrogen-bond acceptors (Lipinski definition) is 11. The summed E-state index contributed by atoms with van der Waals surface area (Å²) in [5, 5.41) is 10.1. The second kappa shape index (κ2) is 11.5. The minimum atomic E-state index is -0.436. The Labute approximate surface area is 257 Å². The summed E-state index contributed by atoms with van der Waals surface area (Å²) in [6, 6.07) is 0. The SMILES string of the molecule is CC(C)(C)OC(=O)CCCN1CCC(c2cnc(-c3c(-c4nn(C(C)(C)C)c5ncnc(N)c45)noc3C3CC3)nc2)CC1. The van der Waals surface area contributed by atoms with Crippen LogP contribution in [0, 0.1) is 0 Å². The number of rotatable bonds is 8. The maximum atomic E-state index is 12.0. The zero-order valence-electron chi connectivity index (χ0n) is 26.6. The van der Waals surface area contributed by atoms with Crippen LogP contribution in [0.2, 0.25) is 0 Å². The monoisotopic (exact) mass is 601 g/mol. The van der Waals surface area contributed by atoms with Gasteiger partial charge in [0.05, 0.1) is 16.5 Å². The molecule has 2 aliphatic rings. The summed E-state index contributed by atoms with van der Waals surface area (Å²) < 4.78 is 13.2. The Morgan fingerprint density at radius 1 is 0.977 bits per heavy atom. The van der Waals surface area contributed by atoms with Crippen LogP contribution in [-0.2, 0) is 15.1 Å². The number of nitrogens with two attached hydrogens (primary N) is 1. The lowest BCUT2D eigenvalue weighted by atomic mass is 9.91. The molecule has 2 N–H and O–H groups in total. The molecule has 0 aromatic carbocycles. The van der Waals surface area contributed by atoms with E-state index in [1.807, 2.05) is 37.8 Å². The molecular weight excluding hydrogens is 558 g/mol. The van der Waals surface area contributed by atoms with Crippen LogP contribution in [0.4, 0.5) is 5.82 Å². The number of ether oxygens (including phenoxy) is 1. The molecule has 0 spiro atoms. The highest BCUT2D eigenvalue weighted by atomic mass is 16.6. The maximum absolute atomic E-state index is 12.0. The van der Waals surface area contributed by atoms with E-state index in [1.54, 1.807) is 0 Å². The number of esters is 1. The van der Waals surface area contributed by atoms with Crippen LogP contribution in [0.15, 0.2) is 23.2 Å². The fourth-order valence-corrected chi connectivity index (χ4v) is 5.92. The van der Waals surface area contributed by atoms with E-state index in [0.29, 0.717) is 52.3 Å². The largest absolute Gasteiger partial charge is 0.460 e. The number of aromatic nitrogens is 7. The second-order valence-corrected chi connectivity index (χ2v) is 14.1. The molecule has 1 aliphatic heterocycles. The van der Waals surface area contributed by atoms with Crippen molar-refractivity contribution in [3.05, 3.63) is 30.0 Å². The van der Waals surface area contributed by atoms with Crippen molar-refractivity contribution in [1.29, 1.82) is 0 Å². The number of fused-ring (bicyclic) bond motifs is 1. The molecule has 1 saturated heterocycles. The lowest BCUT2D eigenvalue weighted by molar-refractivity contribution is -0.155. The van der Waals surface area contributed by atoms with E-state index < -0.39 is 5.60 Å². The van der Waals surface area contributed by atoms with E-state index >= 15 is 0 Å². The lowest BCUT2D eigenvalue weighted by Gasteiger charge is -2.32. The Bertz CT molecular complexity index is 1630. The van der Waals surface area contributed by atoms with Crippen molar-refractivity contribution in [2.45, 2.75) is 103 Å². The summed E-state index contributed by atoms with van der Waals surface area (Å²) in [6.07, 6.45) is 10.7. The van der Waals surface area contributed by atoms with Crippen molar-refractivity contribution in [3.63, 3.8) is 0 Å². The maximum Gasteiger partial charge on any atom is 0.306 e. The van der Waals surface area contributed by atoms with E-state index in [0.717, 1.165) is 68.6 Å². The summed E-state index contributed by atoms with van der Waals surface area (Å²) in [5.41, 5.74) is 9.28. The number of piperidine rings is 1. The Morgan fingerprint density at radius 3 is 2.32 bits per heavy atom. The Balaban J connectivity index is 1.19. The average Bonchev–Trinajstić information content (AvgIpc) is 3.57. The van der Waals surface area contributed by atoms with Crippen molar-refractivity contribution >= 4 is 22.8 Å². The molecule has 2 fully saturated rings. The van der Waals surface area contributed by atoms with Gasteiger partial charge < -0.3 is 19.9 Å². The van der Waals surface area contributed by atoms with E-state index in [-0.39, 0.29) is 11.5 Å². The highest BCUT2D eigenvalue weighted by Gasteiger charge is 2.36. The molecule has 234 valence electrons. The molecule has 0 radical (unpaired) electrons. The zero-order chi connectivity index (χ0) is 31.2. The van der Waals surface area contributed by atoms with Gasteiger partial charge in [0.15, 0.2) is 17.2 Å². The predicted octanol–water partition coefficient (Wildman–Crippen LogP) is 5.45. The first-order valence-corrected chi connectivity index (χ1v) is 15.6. The van der Waals surface area contributed by atoms with Crippen molar-refractivity contribution < 1.29 is 14.1 Å². The van der Waals surface area contributed by atoms with Crippen LogP contribution in [0.1, 0.15) is 103 Å². The third-order valence-electron chi connectivity index (χ3n) is 8.25. The van der Waals surface area contributed by atoms with Crippen LogP contribution in [-0.4, -0.2) is 71.0 Å². The highest BCUT2D eigenvalue weighted by Crippen LogP contribution is 2.48. The fourth-order valence-electron chi connectivity index (χ4n) is 5.92. The number of anilines is 1. The summed E-state index contributed by atoms with van der Waals surface area (Å²) >= 11 is 0. The van der Waals surface area contributed by atoms with Gasteiger partial charge in [-0.25, -0.2) is 24.6 Å².